The molecule has 0 fully saturated rings. The molecule has 0 saturated carbocycles. The highest BCUT2D eigenvalue weighted by Crippen LogP contribution is 2.11. The van der Waals surface area contributed by atoms with Gasteiger partial charge in [0.15, 0.2) is 0 Å². The monoisotopic (exact) mass is 151 g/mol. The van der Waals surface area contributed by atoms with Gasteiger partial charge in [-0.3, -0.25) is 0 Å². The third-order valence-corrected chi connectivity index (χ3v) is 1.39. The van der Waals surface area contributed by atoms with Gasteiger partial charge in [0.2, 0.25) is 0 Å². The average molecular weight is 151 g/mol. The van der Waals surface area contributed by atoms with Crippen molar-refractivity contribution in [3.8, 4) is 5.75 Å². The molecule has 0 aliphatic heterocycles. The molecule has 11 heavy (non-hydrogen) atoms. The molecule has 1 nitrogen and oxygen atoms in total. The van der Waals surface area contributed by atoms with Crippen LogP contribution in [-0.2, 0) is 0 Å². The Morgan fingerprint density at radius 1 is 1.36 bits per heavy atom. The lowest BCUT2D eigenvalue weighted by Crippen LogP contribution is -1.80. The van der Waals surface area contributed by atoms with Gasteiger partial charge in [-0.2, -0.15) is 0 Å². The van der Waals surface area contributed by atoms with Crippen molar-refractivity contribution in [3.63, 3.8) is 0 Å². The highest BCUT2D eigenvalue weighted by Gasteiger charge is 1.87. The van der Waals surface area contributed by atoms with E-state index in [1.165, 1.54) is 6.08 Å². The van der Waals surface area contributed by atoms with Crippen LogP contribution in [-0.4, -0.2) is 7.11 Å². The van der Waals surface area contributed by atoms with Gasteiger partial charge in [-0.05, 0) is 24.5 Å². The summed E-state index contributed by atoms with van der Waals surface area (Å²) >= 11 is 0. The third kappa shape index (κ3) is 2.11. The number of hydrogen-bond donors (Lipinski definition) is 0. The van der Waals surface area contributed by atoms with E-state index in [1.807, 2.05) is 0 Å². The molecule has 0 N–H and O–H groups in total. The summed E-state index contributed by atoms with van der Waals surface area (Å²) < 4.78 is 25.9. The molecule has 1 aromatic carbocycles. The van der Waals surface area contributed by atoms with E-state index in [1.54, 1.807) is 37.5 Å². The number of rotatable bonds is 2. The summed E-state index contributed by atoms with van der Waals surface area (Å²) in [5.41, 5.74) is 0.849. The van der Waals surface area contributed by atoms with E-state index in [0.29, 0.717) is 0 Å². The fraction of sp³-hybridized carbons (Fsp3) is 0.200. The van der Waals surface area contributed by atoms with Crippen LogP contribution in [0.5, 0.6) is 5.75 Å². The zero-order valence-corrected chi connectivity index (χ0v) is 6.37. The molecule has 0 aliphatic carbocycles. The maximum atomic E-state index is 6.98. The van der Waals surface area contributed by atoms with Crippen molar-refractivity contribution in [3.05, 3.63) is 35.9 Å². The maximum absolute atomic E-state index is 6.98. The largest absolute Gasteiger partial charge is 0.497 e. The number of hydrogen-bond acceptors (Lipinski definition) is 1. The third-order valence-electron chi connectivity index (χ3n) is 1.39. The van der Waals surface area contributed by atoms with Crippen LogP contribution >= 0.6 is 0 Å². The lowest BCUT2D eigenvalue weighted by Gasteiger charge is -1.98. The van der Waals surface area contributed by atoms with Crippen molar-refractivity contribution in [2.75, 3.05) is 7.11 Å². The molecule has 0 heterocycles. The minimum absolute atomic E-state index is 0.760. The lowest BCUT2D eigenvalue weighted by atomic mass is 10.2. The minimum Gasteiger partial charge on any atom is -0.497 e. The Morgan fingerprint density at radius 3 is 2.64 bits per heavy atom. The fourth-order valence-corrected chi connectivity index (χ4v) is 0.811. The first-order chi connectivity index (χ1) is 6.51. The molecule has 0 atom stereocenters. The normalized spacial score (nSPS) is 15.5. The van der Waals surface area contributed by atoms with Gasteiger partial charge in [-0.25, -0.2) is 0 Å². The zero-order valence-electron chi connectivity index (χ0n) is 9.37. The molecule has 0 bridgehead atoms. The Morgan fingerprint density at radius 2 is 2.09 bits per heavy atom. The zero-order chi connectivity index (χ0) is 10.6. The van der Waals surface area contributed by atoms with Crippen LogP contribution in [0.4, 0.5) is 0 Å². The summed E-state index contributed by atoms with van der Waals surface area (Å²) in [6.45, 7) is -2.01. The van der Waals surface area contributed by atoms with E-state index in [4.69, 9.17) is 8.85 Å². The van der Waals surface area contributed by atoms with Crippen LogP contribution in [0.25, 0.3) is 6.08 Å². The van der Waals surface area contributed by atoms with E-state index in [0.717, 1.165) is 11.3 Å². The molecule has 0 radical (unpaired) electrons. The minimum atomic E-state index is -2.01. The van der Waals surface area contributed by atoms with Crippen molar-refractivity contribution in [2.45, 2.75) is 6.85 Å². The summed E-state index contributed by atoms with van der Waals surface area (Å²) in [4.78, 5) is 0. The van der Waals surface area contributed by atoms with Gasteiger partial charge >= 0.3 is 0 Å². The predicted molar refractivity (Wildman–Crippen MR) is 47.7 cm³/mol. The maximum Gasteiger partial charge on any atom is 0.118 e. The second-order valence-electron chi connectivity index (χ2n) is 2.11. The predicted octanol–water partition coefficient (Wildman–Crippen LogP) is 2.73. The summed E-state index contributed by atoms with van der Waals surface area (Å²) in [5, 5.41) is 0. The van der Waals surface area contributed by atoms with Crippen molar-refractivity contribution < 1.29 is 8.85 Å². The number of methoxy groups -OCH3 is 1. The quantitative estimate of drug-likeness (QED) is 0.631. The average Bonchev–Trinajstić information content (AvgIpc) is 2.14. The summed E-state index contributed by atoms with van der Waals surface area (Å²) in [5.74, 6) is 0.760. The number of benzene rings is 1. The Labute approximate surface area is 71.5 Å². The number of allylic oxidation sites excluding steroid dienone is 1. The Hall–Kier alpha value is -1.24. The van der Waals surface area contributed by atoms with Gasteiger partial charge in [-0.15, -0.1) is 0 Å². The van der Waals surface area contributed by atoms with E-state index < -0.39 is 6.85 Å². The highest BCUT2D eigenvalue weighted by molar-refractivity contribution is 5.50. The van der Waals surface area contributed by atoms with Crippen molar-refractivity contribution in [1.29, 1.82) is 0 Å². The van der Waals surface area contributed by atoms with E-state index in [9.17, 15) is 0 Å². The molecule has 58 valence electrons. The standard InChI is InChI=1S/C10H12O/c1-3-4-9-5-7-10(11-2)8-6-9/h3-8H,1-2H3/b4-3+/i1D3. The smallest absolute Gasteiger partial charge is 0.118 e. The van der Waals surface area contributed by atoms with Crippen LogP contribution in [0.3, 0.4) is 0 Å². The van der Waals surface area contributed by atoms with Gasteiger partial charge in [0.05, 0.1) is 7.11 Å². The Balaban J connectivity index is 2.74. The van der Waals surface area contributed by atoms with E-state index >= 15 is 0 Å². The fourth-order valence-electron chi connectivity index (χ4n) is 0.811. The van der Waals surface area contributed by atoms with Gasteiger partial charge in [0, 0.05) is 4.11 Å². The van der Waals surface area contributed by atoms with Gasteiger partial charge in [-0.1, -0.05) is 24.3 Å². The molecular formula is C10H12O. The van der Waals surface area contributed by atoms with Crippen LogP contribution in [0.1, 0.15) is 16.5 Å². The second-order valence-corrected chi connectivity index (χ2v) is 2.11. The molecule has 0 unspecified atom stereocenters. The molecule has 0 aromatic heterocycles. The Kier molecular flexibility index (Phi) is 1.60. The Bertz CT molecular complexity index is 311. The lowest BCUT2D eigenvalue weighted by molar-refractivity contribution is 0.415. The van der Waals surface area contributed by atoms with Crippen LogP contribution in [0.15, 0.2) is 30.3 Å². The van der Waals surface area contributed by atoms with Crippen LogP contribution in [0.2, 0.25) is 0 Å². The highest BCUT2D eigenvalue weighted by atomic mass is 16.5. The van der Waals surface area contributed by atoms with Gasteiger partial charge in [0.1, 0.15) is 5.75 Å². The molecule has 0 aliphatic rings. The molecule has 1 aromatic rings. The summed E-state index contributed by atoms with van der Waals surface area (Å²) in [6.07, 6.45) is 2.78. The SMILES string of the molecule is [2H]C([2H])([2H])/C=C/c1ccc(OC)cc1. The van der Waals surface area contributed by atoms with Gasteiger partial charge < -0.3 is 4.74 Å². The van der Waals surface area contributed by atoms with Crippen LogP contribution < -0.4 is 4.74 Å². The van der Waals surface area contributed by atoms with E-state index in [-0.39, 0.29) is 0 Å². The topological polar surface area (TPSA) is 9.23 Å². The molecular weight excluding hydrogens is 136 g/mol. The molecule has 0 amide bonds. The number of ether oxygens (including phenoxy) is 1. The van der Waals surface area contributed by atoms with Crippen molar-refractivity contribution in [1.82, 2.24) is 0 Å². The summed E-state index contributed by atoms with van der Waals surface area (Å²) in [7, 11) is 1.59. The second kappa shape index (κ2) is 3.81. The molecule has 0 saturated heterocycles. The first-order valence-electron chi connectivity index (χ1n) is 4.84. The summed E-state index contributed by atoms with van der Waals surface area (Å²) in [6, 6.07) is 7.19. The van der Waals surface area contributed by atoms with E-state index in [2.05, 4.69) is 0 Å². The van der Waals surface area contributed by atoms with Crippen molar-refractivity contribution in [2.24, 2.45) is 0 Å². The molecule has 0 spiro atoms. The first-order valence-corrected chi connectivity index (χ1v) is 3.34. The van der Waals surface area contributed by atoms with Crippen molar-refractivity contribution >= 4 is 6.08 Å². The van der Waals surface area contributed by atoms with Gasteiger partial charge in [0.25, 0.3) is 0 Å². The molecule has 1 heteroatoms. The molecule has 1 rings (SSSR count). The first kappa shape index (κ1) is 4.60. The van der Waals surface area contributed by atoms with Crippen LogP contribution in [0, 0.1) is 0 Å².